The average Bonchev–Trinajstić information content (AvgIpc) is 2.62. The fourth-order valence-electron chi connectivity index (χ4n) is 2.43. The molecule has 0 saturated carbocycles. The van der Waals surface area contributed by atoms with Crippen LogP contribution in [0.4, 0.5) is 4.79 Å². The number of rotatable bonds is 7. The number of piperazine rings is 1. The summed E-state index contributed by atoms with van der Waals surface area (Å²) in [6.45, 7) is 4.11. The smallest absolute Gasteiger partial charge is 0.319 e. The van der Waals surface area contributed by atoms with Gasteiger partial charge in [-0.1, -0.05) is 17.7 Å². The number of methoxy groups -OCH3 is 1. The molecule has 1 saturated heterocycles. The van der Waals surface area contributed by atoms with Crippen LogP contribution >= 0.6 is 0 Å². The van der Waals surface area contributed by atoms with E-state index in [1.807, 2.05) is 6.92 Å². The van der Waals surface area contributed by atoms with E-state index in [0.29, 0.717) is 26.3 Å². The van der Waals surface area contributed by atoms with E-state index >= 15 is 0 Å². The second-order valence-corrected chi connectivity index (χ2v) is 7.67. The monoisotopic (exact) mass is 371 g/mol. The minimum atomic E-state index is -3.52. The molecule has 1 N–H and O–H groups in total. The number of benzene rings is 1. The quantitative estimate of drug-likeness (QED) is 0.561. The molecule has 0 unspecified atom stereocenters. The Kier molecular flexibility index (Phi) is 7.18. The molecular weight excluding hydrogens is 346 g/mol. The van der Waals surface area contributed by atoms with Crippen molar-refractivity contribution in [2.24, 2.45) is 0 Å². The zero-order valence-electron chi connectivity index (χ0n) is 14.6. The second-order valence-electron chi connectivity index (χ2n) is 5.73. The number of nitrogens with one attached hydrogen (secondary N) is 1. The van der Waals surface area contributed by atoms with Crippen LogP contribution in [-0.2, 0) is 19.5 Å². The summed E-state index contributed by atoms with van der Waals surface area (Å²) in [5.41, 5.74) is 1.01. The van der Waals surface area contributed by atoms with Crippen LogP contribution in [0.25, 0.3) is 0 Å². The highest BCUT2D eigenvalue weighted by molar-refractivity contribution is 7.89. The molecule has 0 bridgehead atoms. The molecule has 9 heteroatoms. The van der Waals surface area contributed by atoms with E-state index < -0.39 is 10.0 Å². The van der Waals surface area contributed by atoms with E-state index in [1.165, 1.54) is 4.31 Å². The van der Waals surface area contributed by atoms with Gasteiger partial charge in [-0.15, -0.1) is 0 Å². The third-order valence-corrected chi connectivity index (χ3v) is 5.85. The molecule has 1 aliphatic rings. The summed E-state index contributed by atoms with van der Waals surface area (Å²) in [5.74, 6) is 0. The van der Waals surface area contributed by atoms with Crippen LogP contribution in [0.15, 0.2) is 29.2 Å². The lowest BCUT2D eigenvalue weighted by Gasteiger charge is -2.33. The molecular formula is C16H25N3O5S. The number of carbonyl (C=O) groups excluding carboxylic acids is 1. The van der Waals surface area contributed by atoms with Crippen LogP contribution in [0.1, 0.15) is 5.56 Å². The Morgan fingerprint density at radius 1 is 1.12 bits per heavy atom. The maximum absolute atomic E-state index is 12.6. The highest BCUT2D eigenvalue weighted by Gasteiger charge is 2.29. The van der Waals surface area contributed by atoms with Gasteiger partial charge in [-0.2, -0.15) is 4.31 Å². The summed E-state index contributed by atoms with van der Waals surface area (Å²) in [6, 6.07) is 6.52. The second kappa shape index (κ2) is 9.14. The van der Waals surface area contributed by atoms with E-state index in [-0.39, 0.29) is 30.7 Å². The van der Waals surface area contributed by atoms with Gasteiger partial charge in [0, 0.05) is 33.3 Å². The average molecular weight is 371 g/mol. The summed E-state index contributed by atoms with van der Waals surface area (Å²) in [7, 11) is -1.94. The SMILES string of the molecule is COCCOCNC(=O)N1CCN(S(=O)(=O)c2ccc(C)cc2)CC1. The molecule has 1 aromatic rings. The van der Waals surface area contributed by atoms with Gasteiger partial charge in [0.2, 0.25) is 10.0 Å². The molecule has 0 atom stereocenters. The van der Waals surface area contributed by atoms with Crippen molar-refractivity contribution < 1.29 is 22.7 Å². The summed E-state index contributed by atoms with van der Waals surface area (Å²) < 4.78 is 36.7. The Bertz CT molecular complexity index is 655. The van der Waals surface area contributed by atoms with E-state index in [4.69, 9.17) is 9.47 Å². The number of nitrogens with zero attached hydrogens (tertiary/aromatic N) is 2. The van der Waals surface area contributed by atoms with Gasteiger partial charge in [-0.25, -0.2) is 13.2 Å². The highest BCUT2D eigenvalue weighted by atomic mass is 32.2. The zero-order valence-corrected chi connectivity index (χ0v) is 15.4. The van der Waals surface area contributed by atoms with Gasteiger partial charge in [0.15, 0.2) is 0 Å². The molecule has 8 nitrogen and oxygen atoms in total. The lowest BCUT2D eigenvalue weighted by molar-refractivity contribution is 0.0607. The van der Waals surface area contributed by atoms with Gasteiger partial charge in [0.1, 0.15) is 6.73 Å². The van der Waals surface area contributed by atoms with Gasteiger partial charge in [0.25, 0.3) is 0 Å². The first-order chi connectivity index (χ1) is 11.9. The summed E-state index contributed by atoms with van der Waals surface area (Å²) in [4.78, 5) is 13.9. The lowest BCUT2D eigenvalue weighted by Crippen LogP contribution is -2.53. The first kappa shape index (κ1) is 19.6. The Morgan fingerprint density at radius 3 is 2.36 bits per heavy atom. The van der Waals surface area contributed by atoms with Crippen LogP contribution in [0.2, 0.25) is 0 Å². The normalized spacial score (nSPS) is 16.0. The minimum absolute atomic E-state index is 0.101. The zero-order chi connectivity index (χ0) is 18.3. The van der Waals surface area contributed by atoms with Crippen molar-refractivity contribution in [1.82, 2.24) is 14.5 Å². The standard InChI is InChI=1S/C16H25N3O5S/c1-14-3-5-15(6-4-14)25(21,22)19-9-7-18(8-10-19)16(20)17-13-24-12-11-23-2/h3-6H,7-13H2,1-2H3,(H,17,20). The predicted molar refractivity (Wildman–Crippen MR) is 92.7 cm³/mol. The summed E-state index contributed by atoms with van der Waals surface area (Å²) in [6.07, 6.45) is 0. The number of aryl methyl sites for hydroxylation is 1. The number of sulfonamides is 1. The Hall–Kier alpha value is -1.68. The maximum Gasteiger partial charge on any atom is 0.319 e. The molecule has 1 aromatic carbocycles. The van der Waals surface area contributed by atoms with Crippen molar-refractivity contribution in [1.29, 1.82) is 0 Å². The third-order valence-electron chi connectivity index (χ3n) is 3.94. The lowest BCUT2D eigenvalue weighted by atomic mass is 10.2. The van der Waals surface area contributed by atoms with E-state index in [0.717, 1.165) is 5.56 Å². The van der Waals surface area contributed by atoms with Crippen LogP contribution in [0, 0.1) is 6.92 Å². The number of hydrogen-bond donors (Lipinski definition) is 1. The maximum atomic E-state index is 12.6. The van der Waals surface area contributed by atoms with Crippen molar-refractivity contribution in [3.05, 3.63) is 29.8 Å². The first-order valence-electron chi connectivity index (χ1n) is 8.11. The molecule has 1 aliphatic heterocycles. The van der Waals surface area contributed by atoms with Crippen molar-refractivity contribution in [2.45, 2.75) is 11.8 Å². The van der Waals surface area contributed by atoms with E-state index in [2.05, 4.69) is 5.32 Å². The Labute approximate surface area is 148 Å². The van der Waals surface area contributed by atoms with Gasteiger partial charge in [0.05, 0.1) is 18.1 Å². The molecule has 1 fully saturated rings. The number of amides is 2. The minimum Gasteiger partial charge on any atom is -0.382 e. The first-order valence-corrected chi connectivity index (χ1v) is 9.55. The molecule has 140 valence electrons. The van der Waals surface area contributed by atoms with Gasteiger partial charge >= 0.3 is 6.03 Å². The van der Waals surface area contributed by atoms with Gasteiger partial charge < -0.3 is 19.7 Å². The molecule has 0 aliphatic carbocycles. The molecule has 0 radical (unpaired) electrons. The van der Waals surface area contributed by atoms with Crippen LogP contribution in [0.5, 0.6) is 0 Å². The van der Waals surface area contributed by atoms with E-state index in [9.17, 15) is 13.2 Å². The van der Waals surface area contributed by atoms with Crippen LogP contribution in [-0.4, -0.2) is 76.9 Å². The third kappa shape index (κ3) is 5.40. The fraction of sp³-hybridized carbons (Fsp3) is 0.562. The number of ether oxygens (including phenoxy) is 2. The van der Waals surface area contributed by atoms with Crippen molar-refractivity contribution in [3.63, 3.8) is 0 Å². The molecule has 1 heterocycles. The molecule has 0 aromatic heterocycles. The topological polar surface area (TPSA) is 88.2 Å². The van der Waals surface area contributed by atoms with Crippen LogP contribution < -0.4 is 5.32 Å². The molecule has 2 amide bonds. The van der Waals surface area contributed by atoms with Crippen molar-refractivity contribution in [3.8, 4) is 0 Å². The molecule has 2 rings (SSSR count). The molecule has 0 spiro atoms. The Balaban J connectivity index is 1.82. The van der Waals surface area contributed by atoms with Gasteiger partial charge in [-0.05, 0) is 19.1 Å². The predicted octanol–water partition coefficient (Wildman–Crippen LogP) is 0.631. The Morgan fingerprint density at radius 2 is 1.76 bits per heavy atom. The number of hydrogen-bond acceptors (Lipinski definition) is 5. The summed E-state index contributed by atoms with van der Waals surface area (Å²) in [5, 5.41) is 2.64. The van der Waals surface area contributed by atoms with Gasteiger partial charge in [-0.3, -0.25) is 0 Å². The fourth-order valence-corrected chi connectivity index (χ4v) is 3.85. The van der Waals surface area contributed by atoms with E-state index in [1.54, 1.807) is 36.3 Å². The largest absolute Gasteiger partial charge is 0.382 e. The van der Waals surface area contributed by atoms with Crippen molar-refractivity contribution in [2.75, 3.05) is 53.2 Å². The number of carbonyl (C=O) groups is 1. The molecule has 25 heavy (non-hydrogen) atoms. The number of urea groups is 1. The van der Waals surface area contributed by atoms with Crippen molar-refractivity contribution >= 4 is 16.1 Å². The summed E-state index contributed by atoms with van der Waals surface area (Å²) >= 11 is 0. The van der Waals surface area contributed by atoms with Crippen LogP contribution in [0.3, 0.4) is 0 Å². The highest BCUT2D eigenvalue weighted by Crippen LogP contribution is 2.18.